The van der Waals surface area contributed by atoms with E-state index in [1.807, 2.05) is 18.2 Å². The molecule has 23 heavy (non-hydrogen) atoms. The van der Waals surface area contributed by atoms with E-state index in [4.69, 9.17) is 14.2 Å². The van der Waals surface area contributed by atoms with Crippen molar-refractivity contribution >= 4 is 15.9 Å². The summed E-state index contributed by atoms with van der Waals surface area (Å²) >= 11 is 3.44. The van der Waals surface area contributed by atoms with Gasteiger partial charge in [0.25, 0.3) is 0 Å². The quantitative estimate of drug-likeness (QED) is 0.594. The Morgan fingerprint density at radius 2 is 1.65 bits per heavy atom. The second-order valence-corrected chi connectivity index (χ2v) is 6.19. The van der Waals surface area contributed by atoms with Gasteiger partial charge < -0.3 is 14.2 Å². The second kappa shape index (κ2) is 9.58. The fourth-order valence-corrected chi connectivity index (χ4v) is 2.65. The molecule has 0 aliphatic heterocycles. The summed E-state index contributed by atoms with van der Waals surface area (Å²) in [7, 11) is 3.37. The summed E-state index contributed by atoms with van der Waals surface area (Å²) in [5.41, 5.74) is 2.45. The molecule has 0 saturated heterocycles. The number of methoxy groups -OCH3 is 2. The van der Waals surface area contributed by atoms with E-state index in [0.717, 1.165) is 54.0 Å². The topological polar surface area (TPSA) is 27.7 Å². The van der Waals surface area contributed by atoms with E-state index < -0.39 is 0 Å². The Balaban J connectivity index is 1.70. The second-order valence-electron chi connectivity index (χ2n) is 5.27. The molecule has 2 aromatic rings. The predicted octanol–water partition coefficient (Wildman–Crippen LogP) is 4.66. The molecule has 0 aromatic heterocycles. The van der Waals surface area contributed by atoms with Gasteiger partial charge >= 0.3 is 0 Å². The fourth-order valence-electron chi connectivity index (χ4n) is 2.39. The minimum absolute atomic E-state index is 0.747. The van der Waals surface area contributed by atoms with Gasteiger partial charge in [-0.25, -0.2) is 0 Å². The van der Waals surface area contributed by atoms with Gasteiger partial charge in [0.15, 0.2) is 0 Å². The van der Waals surface area contributed by atoms with Gasteiger partial charge in [-0.3, -0.25) is 0 Å². The molecule has 0 atom stereocenters. The van der Waals surface area contributed by atoms with Crippen LogP contribution in [0, 0.1) is 0 Å². The highest BCUT2D eigenvalue weighted by Gasteiger charge is 2.05. The van der Waals surface area contributed by atoms with Gasteiger partial charge in [0.05, 0.1) is 20.8 Å². The number of hydrogen-bond acceptors (Lipinski definition) is 3. The summed E-state index contributed by atoms with van der Waals surface area (Å²) in [6.07, 6.45) is 2.82. The Morgan fingerprint density at radius 1 is 0.870 bits per heavy atom. The van der Waals surface area contributed by atoms with E-state index >= 15 is 0 Å². The van der Waals surface area contributed by atoms with Crippen molar-refractivity contribution in [1.29, 1.82) is 0 Å². The van der Waals surface area contributed by atoms with Crippen molar-refractivity contribution in [2.24, 2.45) is 0 Å². The van der Waals surface area contributed by atoms with Gasteiger partial charge in [0.2, 0.25) is 0 Å². The molecule has 0 aliphatic carbocycles. The summed E-state index contributed by atoms with van der Waals surface area (Å²) in [6, 6.07) is 14.2. The standard InChI is InChI=1S/C19H23BrO3/c1-21-18-9-10-19(22-2)16(14-18)4-3-12-23-13-11-15-5-7-17(20)8-6-15/h5-10,14H,3-4,11-13H2,1-2H3. The first-order valence-electron chi connectivity index (χ1n) is 7.76. The highest BCUT2D eigenvalue weighted by molar-refractivity contribution is 9.10. The molecule has 0 unspecified atom stereocenters. The normalized spacial score (nSPS) is 10.6. The van der Waals surface area contributed by atoms with Crippen molar-refractivity contribution in [2.45, 2.75) is 19.3 Å². The molecule has 0 N–H and O–H groups in total. The van der Waals surface area contributed by atoms with Crippen LogP contribution in [0.15, 0.2) is 46.9 Å². The van der Waals surface area contributed by atoms with Crippen LogP contribution in [0.4, 0.5) is 0 Å². The van der Waals surface area contributed by atoms with Crippen LogP contribution in [0.2, 0.25) is 0 Å². The Hall–Kier alpha value is -1.52. The first-order valence-corrected chi connectivity index (χ1v) is 8.55. The third-order valence-corrected chi connectivity index (χ3v) is 4.20. The highest BCUT2D eigenvalue weighted by Crippen LogP contribution is 2.25. The van der Waals surface area contributed by atoms with Gasteiger partial charge in [0, 0.05) is 11.1 Å². The van der Waals surface area contributed by atoms with E-state index in [2.05, 4.69) is 40.2 Å². The highest BCUT2D eigenvalue weighted by atomic mass is 79.9. The summed E-state index contributed by atoms with van der Waals surface area (Å²) < 4.78 is 17.5. The summed E-state index contributed by atoms with van der Waals surface area (Å²) in [6.45, 7) is 1.49. The van der Waals surface area contributed by atoms with Gasteiger partial charge in [-0.1, -0.05) is 28.1 Å². The van der Waals surface area contributed by atoms with Crippen LogP contribution in [0.1, 0.15) is 17.5 Å². The number of rotatable bonds is 9. The van der Waals surface area contributed by atoms with E-state index in [9.17, 15) is 0 Å². The van der Waals surface area contributed by atoms with Crippen molar-refractivity contribution in [1.82, 2.24) is 0 Å². The predicted molar refractivity (Wildman–Crippen MR) is 96.5 cm³/mol. The number of benzene rings is 2. The molecule has 0 saturated carbocycles. The molecular weight excluding hydrogens is 356 g/mol. The molecular formula is C19H23BrO3. The Labute approximate surface area is 146 Å². The molecule has 0 fully saturated rings. The minimum Gasteiger partial charge on any atom is -0.497 e. The molecule has 3 nitrogen and oxygen atoms in total. The Bertz CT molecular complexity index is 596. The zero-order chi connectivity index (χ0) is 16.5. The molecule has 2 rings (SSSR count). The van der Waals surface area contributed by atoms with Crippen molar-refractivity contribution in [3.05, 3.63) is 58.1 Å². The lowest BCUT2D eigenvalue weighted by Crippen LogP contribution is -2.02. The lowest BCUT2D eigenvalue weighted by molar-refractivity contribution is 0.135. The van der Waals surface area contributed by atoms with E-state index in [1.165, 1.54) is 5.56 Å². The van der Waals surface area contributed by atoms with Gasteiger partial charge in [0.1, 0.15) is 11.5 Å². The summed E-state index contributed by atoms with van der Waals surface area (Å²) in [5.74, 6) is 1.76. The van der Waals surface area contributed by atoms with Crippen molar-refractivity contribution in [2.75, 3.05) is 27.4 Å². The van der Waals surface area contributed by atoms with Gasteiger partial charge in [-0.05, 0) is 60.7 Å². The third kappa shape index (κ3) is 5.88. The molecule has 2 aromatic carbocycles. The lowest BCUT2D eigenvalue weighted by atomic mass is 10.1. The van der Waals surface area contributed by atoms with Gasteiger partial charge in [-0.2, -0.15) is 0 Å². The molecule has 0 aliphatic rings. The maximum absolute atomic E-state index is 5.74. The summed E-state index contributed by atoms with van der Waals surface area (Å²) in [4.78, 5) is 0. The minimum atomic E-state index is 0.747. The summed E-state index contributed by atoms with van der Waals surface area (Å²) in [5, 5.41) is 0. The van der Waals surface area contributed by atoms with E-state index in [-0.39, 0.29) is 0 Å². The Morgan fingerprint density at radius 3 is 2.35 bits per heavy atom. The number of halogens is 1. The van der Waals surface area contributed by atoms with Crippen LogP contribution in [-0.4, -0.2) is 27.4 Å². The van der Waals surface area contributed by atoms with Crippen molar-refractivity contribution < 1.29 is 14.2 Å². The van der Waals surface area contributed by atoms with E-state index in [1.54, 1.807) is 14.2 Å². The number of ether oxygens (including phenoxy) is 3. The maximum atomic E-state index is 5.74. The van der Waals surface area contributed by atoms with Crippen LogP contribution in [0.5, 0.6) is 11.5 Å². The maximum Gasteiger partial charge on any atom is 0.122 e. The first-order chi connectivity index (χ1) is 11.2. The fraction of sp³-hybridized carbons (Fsp3) is 0.368. The molecule has 0 amide bonds. The molecule has 0 heterocycles. The first kappa shape index (κ1) is 17.8. The zero-order valence-electron chi connectivity index (χ0n) is 13.7. The average Bonchev–Trinajstić information content (AvgIpc) is 2.59. The van der Waals surface area contributed by atoms with Crippen molar-refractivity contribution in [3.63, 3.8) is 0 Å². The molecule has 124 valence electrons. The van der Waals surface area contributed by atoms with Crippen LogP contribution in [0.3, 0.4) is 0 Å². The largest absolute Gasteiger partial charge is 0.497 e. The van der Waals surface area contributed by atoms with Crippen LogP contribution in [-0.2, 0) is 17.6 Å². The SMILES string of the molecule is COc1ccc(OC)c(CCCOCCc2ccc(Br)cc2)c1. The molecule has 0 bridgehead atoms. The smallest absolute Gasteiger partial charge is 0.122 e. The molecule has 0 radical (unpaired) electrons. The molecule has 0 spiro atoms. The van der Waals surface area contributed by atoms with Crippen molar-refractivity contribution in [3.8, 4) is 11.5 Å². The number of aryl methyl sites for hydroxylation is 1. The monoisotopic (exact) mass is 378 g/mol. The molecule has 4 heteroatoms. The zero-order valence-corrected chi connectivity index (χ0v) is 15.3. The third-order valence-electron chi connectivity index (χ3n) is 3.67. The van der Waals surface area contributed by atoms with Crippen LogP contribution in [0.25, 0.3) is 0 Å². The van der Waals surface area contributed by atoms with Gasteiger partial charge in [-0.15, -0.1) is 0 Å². The van der Waals surface area contributed by atoms with Crippen LogP contribution < -0.4 is 9.47 Å². The lowest BCUT2D eigenvalue weighted by Gasteiger charge is -2.10. The van der Waals surface area contributed by atoms with E-state index in [0.29, 0.717) is 0 Å². The van der Waals surface area contributed by atoms with Crippen LogP contribution >= 0.6 is 15.9 Å². The Kier molecular flexibility index (Phi) is 7.43. The number of hydrogen-bond donors (Lipinski definition) is 0. The average molecular weight is 379 g/mol.